The minimum absolute atomic E-state index is 0.264. The quantitative estimate of drug-likeness (QED) is 0.778. The van der Waals surface area contributed by atoms with Gasteiger partial charge in [0.2, 0.25) is 5.79 Å². The highest BCUT2D eigenvalue weighted by molar-refractivity contribution is 5.20. The van der Waals surface area contributed by atoms with Gasteiger partial charge in [-0.15, -0.1) is 0 Å². The number of hydrogen-bond donors (Lipinski definition) is 0. The van der Waals surface area contributed by atoms with Crippen molar-refractivity contribution in [3.05, 3.63) is 23.8 Å². The van der Waals surface area contributed by atoms with Gasteiger partial charge >= 0.3 is 0 Å². The minimum Gasteiger partial charge on any atom is -0.348 e. The molecule has 0 N–H and O–H groups in total. The van der Waals surface area contributed by atoms with Crippen LogP contribution in [0.4, 0.5) is 0 Å². The second-order valence-electron chi connectivity index (χ2n) is 7.20. The van der Waals surface area contributed by atoms with Gasteiger partial charge in [-0.3, -0.25) is 0 Å². The topological polar surface area (TPSA) is 71.9 Å². The molecule has 1 aromatic heterocycles. The predicted molar refractivity (Wildman–Crippen MR) is 78.3 cm³/mol. The average Bonchev–Trinajstić information content (AvgIpc) is 2.87. The Hall–Kier alpha value is -1.12. The third-order valence-corrected chi connectivity index (χ3v) is 4.35. The molecular formula is C16H22N2O5. The number of nitrogens with zero attached hydrogens (tertiary/aromatic N) is 2. The summed E-state index contributed by atoms with van der Waals surface area (Å²) in [7, 11) is 0. The summed E-state index contributed by atoms with van der Waals surface area (Å²) in [6.45, 7) is 9.83. The molecule has 3 aliphatic heterocycles. The number of hydrogen-bond acceptors (Lipinski definition) is 7. The third kappa shape index (κ3) is 2.38. The lowest BCUT2D eigenvalue weighted by Gasteiger charge is -2.38. The maximum Gasteiger partial charge on any atom is 0.245 e. The Kier molecular flexibility index (Phi) is 3.15. The van der Waals surface area contributed by atoms with Gasteiger partial charge in [0.1, 0.15) is 30.3 Å². The van der Waals surface area contributed by atoms with E-state index in [0.717, 1.165) is 5.69 Å². The van der Waals surface area contributed by atoms with Gasteiger partial charge in [-0.25, -0.2) is 9.97 Å². The van der Waals surface area contributed by atoms with Crippen LogP contribution in [0.25, 0.3) is 0 Å². The standard InChI is InChI=1S/C16H22N2O5/c1-9-6-11(18-8-17-9)16-13(22-15(4,5)23-16)12-10(20-16)7-19-14(2,3)21-12/h6,8,10,12-13H,7H2,1-5H3. The van der Waals surface area contributed by atoms with Crippen molar-refractivity contribution in [3.8, 4) is 0 Å². The fraction of sp³-hybridized carbons (Fsp3) is 0.750. The Morgan fingerprint density at radius 3 is 2.57 bits per heavy atom. The predicted octanol–water partition coefficient (Wildman–Crippen LogP) is 1.64. The third-order valence-electron chi connectivity index (χ3n) is 4.35. The molecule has 0 radical (unpaired) electrons. The van der Waals surface area contributed by atoms with Crippen LogP contribution in [0.3, 0.4) is 0 Å². The molecule has 4 atom stereocenters. The van der Waals surface area contributed by atoms with Gasteiger partial charge in [0.15, 0.2) is 11.6 Å². The molecule has 0 saturated carbocycles. The van der Waals surface area contributed by atoms with E-state index in [9.17, 15) is 0 Å². The molecule has 0 bridgehead atoms. The van der Waals surface area contributed by atoms with E-state index < -0.39 is 23.5 Å². The van der Waals surface area contributed by atoms with Crippen molar-refractivity contribution < 1.29 is 23.7 Å². The van der Waals surface area contributed by atoms with E-state index in [1.807, 2.05) is 40.7 Å². The van der Waals surface area contributed by atoms with Gasteiger partial charge in [0.25, 0.3) is 0 Å². The highest BCUT2D eigenvalue weighted by atomic mass is 16.9. The summed E-state index contributed by atoms with van der Waals surface area (Å²) in [5.41, 5.74) is 1.49. The van der Waals surface area contributed by atoms with E-state index in [4.69, 9.17) is 23.7 Å². The minimum atomic E-state index is -1.10. The van der Waals surface area contributed by atoms with E-state index in [0.29, 0.717) is 12.3 Å². The fourth-order valence-corrected chi connectivity index (χ4v) is 3.51. The van der Waals surface area contributed by atoms with Crippen LogP contribution in [0.5, 0.6) is 0 Å². The van der Waals surface area contributed by atoms with Gasteiger partial charge < -0.3 is 23.7 Å². The van der Waals surface area contributed by atoms with Crippen molar-refractivity contribution >= 4 is 0 Å². The van der Waals surface area contributed by atoms with Gasteiger partial charge in [-0.05, 0) is 40.7 Å². The first-order valence-electron chi connectivity index (χ1n) is 7.88. The second kappa shape index (κ2) is 4.70. The Labute approximate surface area is 135 Å². The molecule has 3 fully saturated rings. The summed E-state index contributed by atoms with van der Waals surface area (Å²) in [5, 5.41) is 0. The van der Waals surface area contributed by atoms with Gasteiger partial charge in [0, 0.05) is 5.69 Å². The number of aromatic nitrogens is 2. The molecule has 3 saturated heterocycles. The van der Waals surface area contributed by atoms with Crippen LogP contribution >= 0.6 is 0 Å². The average molecular weight is 322 g/mol. The maximum absolute atomic E-state index is 6.26. The Morgan fingerprint density at radius 1 is 1.04 bits per heavy atom. The molecule has 0 aliphatic carbocycles. The van der Waals surface area contributed by atoms with E-state index in [1.54, 1.807) is 0 Å². The monoisotopic (exact) mass is 322 g/mol. The second-order valence-corrected chi connectivity index (χ2v) is 7.20. The first kappa shape index (κ1) is 15.4. The molecule has 0 amide bonds. The molecule has 3 aliphatic rings. The lowest BCUT2D eigenvalue weighted by atomic mass is 10.0. The van der Waals surface area contributed by atoms with Crippen molar-refractivity contribution in [3.63, 3.8) is 0 Å². The molecule has 4 unspecified atom stereocenters. The van der Waals surface area contributed by atoms with Crippen LogP contribution in [-0.4, -0.2) is 46.5 Å². The molecule has 4 heterocycles. The zero-order chi connectivity index (χ0) is 16.5. The number of fused-ring (bicyclic) bond motifs is 3. The SMILES string of the molecule is Cc1cc(C23OC4COC(C)(C)OC4C2OC(C)(C)O3)ncn1. The molecule has 0 aromatic carbocycles. The summed E-state index contributed by atoms with van der Waals surface area (Å²) in [5.74, 6) is -2.57. The number of rotatable bonds is 1. The largest absolute Gasteiger partial charge is 0.348 e. The molecule has 7 heteroatoms. The van der Waals surface area contributed by atoms with Crippen molar-refractivity contribution in [2.45, 2.75) is 70.3 Å². The zero-order valence-corrected chi connectivity index (χ0v) is 14.0. The van der Waals surface area contributed by atoms with Crippen LogP contribution in [0.15, 0.2) is 12.4 Å². The lowest BCUT2D eigenvalue weighted by Crippen LogP contribution is -2.51. The highest BCUT2D eigenvalue weighted by Gasteiger charge is 2.68. The Bertz CT molecular complexity index is 635. The fourth-order valence-electron chi connectivity index (χ4n) is 3.51. The summed E-state index contributed by atoms with van der Waals surface area (Å²) in [4.78, 5) is 8.53. The molecular weight excluding hydrogens is 300 g/mol. The summed E-state index contributed by atoms with van der Waals surface area (Å²) < 4.78 is 30.4. The van der Waals surface area contributed by atoms with E-state index >= 15 is 0 Å². The van der Waals surface area contributed by atoms with Crippen LogP contribution in [0.1, 0.15) is 39.1 Å². The van der Waals surface area contributed by atoms with Gasteiger partial charge in [-0.1, -0.05) is 0 Å². The van der Waals surface area contributed by atoms with Crippen LogP contribution < -0.4 is 0 Å². The molecule has 1 aromatic rings. The smallest absolute Gasteiger partial charge is 0.245 e. The Morgan fingerprint density at radius 2 is 1.83 bits per heavy atom. The van der Waals surface area contributed by atoms with E-state index in [-0.39, 0.29) is 12.2 Å². The molecule has 7 nitrogen and oxygen atoms in total. The van der Waals surface area contributed by atoms with Crippen molar-refractivity contribution in [1.29, 1.82) is 0 Å². The molecule has 0 spiro atoms. The maximum atomic E-state index is 6.26. The van der Waals surface area contributed by atoms with Gasteiger partial charge in [-0.2, -0.15) is 0 Å². The Balaban J connectivity index is 1.77. The van der Waals surface area contributed by atoms with Crippen LogP contribution in [-0.2, 0) is 29.5 Å². The summed E-state index contributed by atoms with van der Waals surface area (Å²) >= 11 is 0. The van der Waals surface area contributed by atoms with Crippen molar-refractivity contribution in [1.82, 2.24) is 9.97 Å². The zero-order valence-electron chi connectivity index (χ0n) is 14.0. The number of aryl methyl sites for hydroxylation is 1. The first-order chi connectivity index (χ1) is 10.7. The normalized spacial score (nSPS) is 40.7. The molecule has 126 valence electrons. The lowest BCUT2D eigenvalue weighted by molar-refractivity contribution is -0.330. The van der Waals surface area contributed by atoms with E-state index in [2.05, 4.69) is 9.97 Å². The van der Waals surface area contributed by atoms with Crippen LogP contribution in [0, 0.1) is 6.92 Å². The first-order valence-corrected chi connectivity index (χ1v) is 7.88. The molecule has 4 rings (SSSR count). The highest BCUT2D eigenvalue weighted by Crippen LogP contribution is 2.53. The van der Waals surface area contributed by atoms with Crippen LogP contribution in [0.2, 0.25) is 0 Å². The molecule has 23 heavy (non-hydrogen) atoms. The number of ether oxygens (including phenoxy) is 5. The van der Waals surface area contributed by atoms with Gasteiger partial charge in [0.05, 0.1) is 6.61 Å². The van der Waals surface area contributed by atoms with Crippen molar-refractivity contribution in [2.24, 2.45) is 0 Å². The van der Waals surface area contributed by atoms with Crippen molar-refractivity contribution in [2.75, 3.05) is 6.61 Å². The summed E-state index contributed by atoms with van der Waals surface area (Å²) in [6, 6.07) is 1.86. The summed E-state index contributed by atoms with van der Waals surface area (Å²) in [6.07, 6.45) is 0.549. The van der Waals surface area contributed by atoms with E-state index in [1.165, 1.54) is 6.33 Å².